The minimum atomic E-state index is -3.69. The summed E-state index contributed by atoms with van der Waals surface area (Å²) in [6.45, 7) is 4.13. The molecular weight excluding hydrogens is 348 g/mol. The molecule has 0 aromatic rings. The van der Waals surface area contributed by atoms with Crippen LogP contribution in [0.3, 0.4) is 0 Å². The van der Waals surface area contributed by atoms with E-state index in [4.69, 9.17) is 4.74 Å². The van der Waals surface area contributed by atoms with Crippen molar-refractivity contribution >= 4 is 27.8 Å². The average molecular weight is 372 g/mol. The summed E-state index contributed by atoms with van der Waals surface area (Å²) in [5, 5.41) is 0. The van der Waals surface area contributed by atoms with E-state index in [0.717, 1.165) is 22.7 Å². The van der Waals surface area contributed by atoms with Gasteiger partial charge in [-0.15, -0.1) is 0 Å². The first-order chi connectivity index (χ1) is 11.7. The summed E-state index contributed by atoms with van der Waals surface area (Å²) in [7, 11) is -3.69. The summed E-state index contributed by atoms with van der Waals surface area (Å²) in [6, 6.07) is -1.01. The Hall–Kier alpha value is -1.90. The highest BCUT2D eigenvalue weighted by Gasteiger charge is 2.56. The van der Waals surface area contributed by atoms with Crippen LogP contribution in [0.2, 0.25) is 0 Å². The number of amides is 2. The van der Waals surface area contributed by atoms with Crippen LogP contribution >= 0.6 is 0 Å². The number of sulfonamides is 1. The monoisotopic (exact) mass is 372 g/mol. The van der Waals surface area contributed by atoms with Gasteiger partial charge >= 0.3 is 5.97 Å². The molecule has 0 N–H and O–H groups in total. The van der Waals surface area contributed by atoms with Crippen molar-refractivity contribution in [3.05, 3.63) is 12.2 Å². The molecule has 140 valence electrons. The van der Waals surface area contributed by atoms with E-state index in [-0.39, 0.29) is 6.61 Å². The number of ether oxygens (including phenoxy) is 1. The van der Waals surface area contributed by atoms with Crippen molar-refractivity contribution in [2.45, 2.75) is 45.2 Å². The number of carbonyl (C=O) groups is 3. The van der Waals surface area contributed by atoms with Crippen LogP contribution in [0.25, 0.3) is 0 Å². The molecule has 0 bridgehead atoms. The lowest BCUT2D eigenvalue weighted by molar-refractivity contribution is -0.138. The molecule has 2 aliphatic rings. The van der Waals surface area contributed by atoms with Gasteiger partial charge in [-0.05, 0) is 19.8 Å². The molecule has 0 saturated carbocycles. The van der Waals surface area contributed by atoms with Crippen LogP contribution in [0.1, 0.15) is 33.1 Å². The van der Waals surface area contributed by atoms with Crippen molar-refractivity contribution in [1.82, 2.24) is 9.21 Å². The Bertz CT molecular complexity index is 687. The second-order valence-electron chi connectivity index (χ2n) is 6.26. The number of esters is 1. The van der Waals surface area contributed by atoms with Crippen molar-refractivity contribution in [2.24, 2.45) is 5.92 Å². The highest BCUT2D eigenvalue weighted by atomic mass is 32.2. The lowest BCUT2D eigenvalue weighted by Crippen LogP contribution is -2.42. The summed E-state index contributed by atoms with van der Waals surface area (Å²) in [4.78, 5) is 37.9. The minimum Gasteiger partial charge on any atom is -0.463 e. The molecule has 2 fully saturated rings. The zero-order chi connectivity index (χ0) is 18.8. The van der Waals surface area contributed by atoms with Gasteiger partial charge < -0.3 is 9.64 Å². The minimum absolute atomic E-state index is 0.210. The first kappa shape index (κ1) is 19.4. The van der Waals surface area contributed by atoms with Crippen molar-refractivity contribution in [3.63, 3.8) is 0 Å². The fourth-order valence-corrected chi connectivity index (χ4v) is 4.89. The molecular formula is C16H24N2O6S. The lowest BCUT2D eigenvalue weighted by atomic mass is 9.94. The van der Waals surface area contributed by atoms with Gasteiger partial charge in [0.2, 0.25) is 21.8 Å². The summed E-state index contributed by atoms with van der Waals surface area (Å²) in [5.41, 5.74) is 0. The van der Waals surface area contributed by atoms with Crippen LogP contribution in [-0.2, 0) is 29.1 Å². The van der Waals surface area contributed by atoms with Gasteiger partial charge in [-0.2, -0.15) is 0 Å². The third-order valence-corrected chi connectivity index (χ3v) is 5.72. The van der Waals surface area contributed by atoms with Crippen molar-refractivity contribution < 1.29 is 27.5 Å². The molecule has 0 aliphatic carbocycles. The molecule has 8 nitrogen and oxygen atoms in total. The van der Waals surface area contributed by atoms with Crippen LogP contribution in [-0.4, -0.2) is 66.9 Å². The SMILES string of the molecule is CCCC1C(=O)N(S(C)(=O)=O)[C@@H]2CCN(C(=O)/C=C/C(=O)OCC)[C@@H]12. The van der Waals surface area contributed by atoms with Gasteiger partial charge in [-0.3, -0.25) is 9.59 Å². The van der Waals surface area contributed by atoms with Gasteiger partial charge in [0.05, 0.1) is 30.9 Å². The predicted molar refractivity (Wildman–Crippen MR) is 89.8 cm³/mol. The molecule has 2 heterocycles. The third kappa shape index (κ3) is 3.86. The fraction of sp³-hybridized carbons (Fsp3) is 0.688. The zero-order valence-corrected chi connectivity index (χ0v) is 15.5. The second-order valence-corrected chi connectivity index (χ2v) is 8.12. The molecule has 0 aromatic carbocycles. The Morgan fingerprint density at radius 2 is 1.96 bits per heavy atom. The Labute approximate surface area is 147 Å². The van der Waals surface area contributed by atoms with Crippen LogP contribution in [0.15, 0.2) is 12.2 Å². The highest BCUT2D eigenvalue weighted by molar-refractivity contribution is 7.88. The Morgan fingerprint density at radius 1 is 1.28 bits per heavy atom. The number of carbonyl (C=O) groups excluding carboxylic acids is 3. The molecule has 0 radical (unpaired) electrons. The summed E-state index contributed by atoms with van der Waals surface area (Å²) in [6.07, 6.45) is 4.81. The van der Waals surface area contributed by atoms with Crippen molar-refractivity contribution in [3.8, 4) is 0 Å². The normalized spacial score (nSPS) is 26.4. The van der Waals surface area contributed by atoms with Crippen molar-refractivity contribution in [1.29, 1.82) is 0 Å². The van der Waals surface area contributed by atoms with Gasteiger partial charge in [-0.25, -0.2) is 17.5 Å². The maximum Gasteiger partial charge on any atom is 0.330 e. The molecule has 25 heavy (non-hydrogen) atoms. The number of rotatable bonds is 6. The summed E-state index contributed by atoms with van der Waals surface area (Å²) < 4.78 is 29.7. The highest BCUT2D eigenvalue weighted by Crippen LogP contribution is 2.40. The molecule has 2 amide bonds. The van der Waals surface area contributed by atoms with Gasteiger partial charge in [0.25, 0.3) is 0 Å². The van der Waals surface area contributed by atoms with Gasteiger partial charge in [0.15, 0.2) is 0 Å². The smallest absolute Gasteiger partial charge is 0.330 e. The standard InChI is InChI=1S/C16H24N2O6S/c1-4-6-11-15-12(18(16(11)21)25(3,22)23)9-10-17(15)13(19)7-8-14(20)24-5-2/h7-8,11-12,15H,4-6,9-10H2,1-3H3/b8-7+/t11?,12-,15+/m1/s1. The molecule has 9 heteroatoms. The predicted octanol–water partition coefficient (Wildman–Crippen LogP) is 0.293. The zero-order valence-electron chi connectivity index (χ0n) is 14.7. The van der Waals surface area contributed by atoms with E-state index in [1.54, 1.807) is 6.92 Å². The molecule has 2 aliphatic heterocycles. The quantitative estimate of drug-likeness (QED) is 0.491. The van der Waals surface area contributed by atoms with E-state index in [0.29, 0.717) is 25.8 Å². The van der Waals surface area contributed by atoms with Crippen LogP contribution < -0.4 is 0 Å². The van der Waals surface area contributed by atoms with Crippen molar-refractivity contribution in [2.75, 3.05) is 19.4 Å². The van der Waals surface area contributed by atoms with Crippen LogP contribution in [0.4, 0.5) is 0 Å². The van der Waals surface area contributed by atoms with E-state index < -0.39 is 45.8 Å². The van der Waals surface area contributed by atoms with Gasteiger partial charge in [0, 0.05) is 18.7 Å². The fourth-order valence-electron chi connectivity index (χ4n) is 3.71. The molecule has 0 aromatic heterocycles. The largest absolute Gasteiger partial charge is 0.463 e. The van der Waals surface area contributed by atoms with Crippen LogP contribution in [0, 0.1) is 5.92 Å². The number of fused-ring (bicyclic) bond motifs is 1. The molecule has 0 spiro atoms. The maximum absolute atomic E-state index is 12.6. The topological polar surface area (TPSA) is 101 Å². The van der Waals surface area contributed by atoms with Gasteiger partial charge in [0.1, 0.15) is 0 Å². The van der Waals surface area contributed by atoms with E-state index in [1.165, 1.54) is 4.90 Å². The Kier molecular flexibility index (Phi) is 5.87. The number of hydrogen-bond donors (Lipinski definition) is 0. The molecule has 1 unspecified atom stereocenters. The first-order valence-electron chi connectivity index (χ1n) is 8.41. The summed E-state index contributed by atoms with van der Waals surface area (Å²) in [5.74, 6) is -2.00. The van der Waals surface area contributed by atoms with Crippen LogP contribution in [0.5, 0.6) is 0 Å². The van der Waals surface area contributed by atoms with E-state index in [2.05, 4.69) is 0 Å². The average Bonchev–Trinajstić information content (AvgIpc) is 3.04. The lowest BCUT2D eigenvalue weighted by Gasteiger charge is -2.26. The number of likely N-dealkylation sites (tertiary alicyclic amines) is 1. The maximum atomic E-state index is 12.6. The molecule has 2 saturated heterocycles. The molecule has 3 atom stereocenters. The van der Waals surface area contributed by atoms with E-state index in [9.17, 15) is 22.8 Å². The summed E-state index contributed by atoms with van der Waals surface area (Å²) >= 11 is 0. The van der Waals surface area contributed by atoms with E-state index >= 15 is 0 Å². The Balaban J connectivity index is 2.25. The third-order valence-electron chi connectivity index (χ3n) is 4.56. The number of nitrogens with zero attached hydrogens (tertiary/aromatic N) is 2. The van der Waals surface area contributed by atoms with E-state index in [1.807, 2.05) is 6.92 Å². The second kappa shape index (κ2) is 7.55. The molecule has 2 rings (SSSR count). The first-order valence-corrected chi connectivity index (χ1v) is 10.3. The Morgan fingerprint density at radius 3 is 2.52 bits per heavy atom. The van der Waals surface area contributed by atoms with Gasteiger partial charge in [-0.1, -0.05) is 13.3 Å². The number of hydrogen-bond acceptors (Lipinski definition) is 6.